The molecule has 0 unspecified atom stereocenters. The molecule has 0 bridgehead atoms. The molecule has 0 aliphatic heterocycles. The quantitative estimate of drug-likeness (QED) is 0.220. The maximum Gasteiger partial charge on any atom is 0.293 e. The Hall–Kier alpha value is -2.94. The van der Waals surface area contributed by atoms with Crippen molar-refractivity contribution in [3.05, 3.63) is 28.8 Å². The van der Waals surface area contributed by atoms with E-state index in [1.165, 1.54) is 6.07 Å². The lowest BCUT2D eigenvalue weighted by Gasteiger charge is -2.64. The molecule has 240 valence electrons. The molecular formula is C34H44ClNO8. The number of hydrogen-bond acceptors (Lipinski definition) is 8. The van der Waals surface area contributed by atoms with Gasteiger partial charge in [0.15, 0.2) is 6.29 Å². The Bertz CT molecular complexity index is 1260. The second kappa shape index (κ2) is 13.2. The SMILES string of the molecule is C[C@H](CCC(=O)Nc1ccc(Cl)cc1C=O)[C@H]1CC[C@H]2[C@@H]3[C@H](OC=O)C[C@@H]4C[C@H](OC=O)CC[C@]4(C)[C@H]3C[C@H](OC=O)[C@]12C. The summed E-state index contributed by atoms with van der Waals surface area (Å²) in [5.74, 6) is 0.921. The van der Waals surface area contributed by atoms with Gasteiger partial charge in [0.2, 0.25) is 5.91 Å². The van der Waals surface area contributed by atoms with Gasteiger partial charge in [-0.05, 0) is 105 Å². The highest BCUT2D eigenvalue weighted by Gasteiger charge is 2.67. The Morgan fingerprint density at radius 3 is 2.45 bits per heavy atom. The molecule has 4 aliphatic carbocycles. The molecule has 0 saturated heterocycles. The fourth-order valence-electron chi connectivity index (χ4n) is 10.3. The lowest BCUT2D eigenvalue weighted by molar-refractivity contribution is -0.218. The number of hydrogen-bond donors (Lipinski definition) is 1. The highest BCUT2D eigenvalue weighted by molar-refractivity contribution is 6.31. The number of halogens is 1. The van der Waals surface area contributed by atoms with E-state index in [0.717, 1.165) is 38.5 Å². The molecule has 4 fully saturated rings. The Kier molecular flexibility index (Phi) is 9.73. The maximum atomic E-state index is 12.9. The van der Waals surface area contributed by atoms with Crippen LogP contribution in [0.2, 0.25) is 5.02 Å². The molecule has 1 aromatic rings. The van der Waals surface area contributed by atoms with Crippen molar-refractivity contribution in [1.82, 2.24) is 0 Å². The molecule has 4 saturated carbocycles. The first kappa shape index (κ1) is 32.5. The predicted molar refractivity (Wildman–Crippen MR) is 163 cm³/mol. The molecule has 1 N–H and O–H groups in total. The summed E-state index contributed by atoms with van der Waals surface area (Å²) in [6.45, 7) is 8.41. The normalized spacial score (nSPS) is 38.1. The summed E-state index contributed by atoms with van der Waals surface area (Å²) in [6.07, 6.45) is 6.63. The number of rotatable bonds is 12. The van der Waals surface area contributed by atoms with E-state index in [0.29, 0.717) is 54.8 Å². The van der Waals surface area contributed by atoms with Crippen LogP contribution in [0.1, 0.15) is 88.9 Å². The Balaban J connectivity index is 1.35. The lowest BCUT2D eigenvalue weighted by Crippen LogP contribution is -2.63. The molecule has 10 heteroatoms. The van der Waals surface area contributed by atoms with Crippen molar-refractivity contribution >= 4 is 48.9 Å². The molecule has 1 amide bonds. The van der Waals surface area contributed by atoms with Crippen LogP contribution < -0.4 is 5.32 Å². The number of anilines is 1. The highest BCUT2D eigenvalue weighted by Crippen LogP contribution is 2.69. The van der Waals surface area contributed by atoms with Crippen LogP contribution in [-0.4, -0.2) is 49.9 Å². The van der Waals surface area contributed by atoms with Crippen molar-refractivity contribution in [2.45, 2.75) is 96.9 Å². The van der Waals surface area contributed by atoms with E-state index in [1.807, 2.05) is 0 Å². The van der Waals surface area contributed by atoms with Gasteiger partial charge in [-0.1, -0.05) is 32.4 Å². The van der Waals surface area contributed by atoms with E-state index in [4.69, 9.17) is 25.8 Å². The van der Waals surface area contributed by atoms with Crippen LogP contribution in [0.15, 0.2) is 18.2 Å². The van der Waals surface area contributed by atoms with Crippen LogP contribution >= 0.6 is 11.6 Å². The molecular weight excluding hydrogens is 586 g/mol. The zero-order valence-electron chi connectivity index (χ0n) is 25.7. The third kappa shape index (κ3) is 5.77. The van der Waals surface area contributed by atoms with Gasteiger partial charge in [-0.2, -0.15) is 0 Å². The minimum absolute atomic E-state index is 0.0498. The van der Waals surface area contributed by atoms with Crippen molar-refractivity contribution in [2.75, 3.05) is 5.32 Å². The molecule has 5 rings (SSSR count). The van der Waals surface area contributed by atoms with Gasteiger partial charge in [0.05, 0.1) is 5.69 Å². The third-order valence-corrected chi connectivity index (χ3v) is 12.6. The van der Waals surface area contributed by atoms with Gasteiger partial charge >= 0.3 is 0 Å². The Labute approximate surface area is 264 Å². The third-order valence-electron chi connectivity index (χ3n) is 12.4. The highest BCUT2D eigenvalue weighted by atomic mass is 35.5. The van der Waals surface area contributed by atoms with Gasteiger partial charge in [-0.15, -0.1) is 0 Å². The summed E-state index contributed by atoms with van der Waals surface area (Å²) in [7, 11) is 0. The molecule has 44 heavy (non-hydrogen) atoms. The second-order valence-electron chi connectivity index (χ2n) is 14.0. The minimum atomic E-state index is -0.343. The summed E-state index contributed by atoms with van der Waals surface area (Å²) >= 11 is 5.99. The van der Waals surface area contributed by atoms with E-state index in [2.05, 4.69) is 26.1 Å². The fraction of sp³-hybridized carbons (Fsp3) is 0.676. The average Bonchev–Trinajstić information content (AvgIpc) is 3.36. The van der Waals surface area contributed by atoms with Crippen molar-refractivity contribution in [3.8, 4) is 0 Å². The van der Waals surface area contributed by atoms with E-state index >= 15 is 0 Å². The molecule has 0 heterocycles. The monoisotopic (exact) mass is 629 g/mol. The number of amides is 1. The number of nitrogens with one attached hydrogen (secondary N) is 1. The summed E-state index contributed by atoms with van der Waals surface area (Å²) in [5, 5.41) is 3.27. The number of benzene rings is 1. The topological polar surface area (TPSA) is 125 Å². The van der Waals surface area contributed by atoms with Crippen LogP contribution in [0.5, 0.6) is 0 Å². The Morgan fingerprint density at radius 2 is 1.75 bits per heavy atom. The first-order valence-corrected chi connectivity index (χ1v) is 16.3. The minimum Gasteiger partial charge on any atom is -0.465 e. The number of carbonyl (C=O) groups excluding carboxylic acids is 5. The molecule has 0 aromatic heterocycles. The molecule has 9 nitrogen and oxygen atoms in total. The van der Waals surface area contributed by atoms with Gasteiger partial charge in [-0.3, -0.25) is 24.0 Å². The van der Waals surface area contributed by atoms with Crippen LogP contribution in [-0.2, 0) is 33.4 Å². The van der Waals surface area contributed by atoms with Gasteiger partial charge < -0.3 is 19.5 Å². The first-order valence-electron chi connectivity index (χ1n) is 15.9. The number of fused-ring (bicyclic) bond motifs is 5. The summed E-state index contributed by atoms with van der Waals surface area (Å²) < 4.78 is 17.2. The van der Waals surface area contributed by atoms with E-state index in [-0.39, 0.29) is 77.0 Å². The standard InChI is InChI=1S/C34H44ClNO8/c1-20(4-9-31(41)36-28-8-5-23(35)12-21(28)16-37)25-6-7-26-32-27(15-30(44-19-40)34(25,26)3)33(2)11-10-24(42-17-38)13-22(33)14-29(32)43-18-39/h5,8,12,16-20,22,24-27,29-30,32H,4,6-7,9-11,13-15H2,1-3H3,(H,36,41)/t20-,22+,24-,25-,26+,27+,29-,30+,32+,33+,34-/m1/s1. The summed E-state index contributed by atoms with van der Waals surface area (Å²) in [4.78, 5) is 59.2. The number of aldehydes is 1. The average molecular weight is 630 g/mol. The van der Waals surface area contributed by atoms with Crippen molar-refractivity contribution in [1.29, 1.82) is 0 Å². The van der Waals surface area contributed by atoms with Gasteiger partial charge in [0.25, 0.3) is 19.4 Å². The second-order valence-corrected chi connectivity index (χ2v) is 14.5. The Morgan fingerprint density at radius 1 is 1.00 bits per heavy atom. The molecule has 4 aliphatic rings. The van der Waals surface area contributed by atoms with Crippen LogP contribution in [0.3, 0.4) is 0 Å². The maximum absolute atomic E-state index is 12.9. The lowest BCUT2D eigenvalue weighted by atomic mass is 9.43. The summed E-state index contributed by atoms with van der Waals surface area (Å²) in [6, 6.07) is 4.79. The van der Waals surface area contributed by atoms with Gasteiger partial charge in [0, 0.05) is 28.3 Å². The number of carbonyl (C=O) groups is 5. The molecule has 0 spiro atoms. The van der Waals surface area contributed by atoms with Crippen molar-refractivity contribution in [3.63, 3.8) is 0 Å². The zero-order chi connectivity index (χ0) is 31.6. The van der Waals surface area contributed by atoms with E-state index < -0.39 is 0 Å². The van der Waals surface area contributed by atoms with E-state index in [9.17, 15) is 24.0 Å². The molecule has 11 atom stereocenters. The largest absolute Gasteiger partial charge is 0.465 e. The van der Waals surface area contributed by atoms with Gasteiger partial charge in [-0.25, -0.2) is 0 Å². The smallest absolute Gasteiger partial charge is 0.293 e. The van der Waals surface area contributed by atoms with Crippen LogP contribution in [0.25, 0.3) is 0 Å². The predicted octanol–water partition coefficient (Wildman–Crippen LogP) is 6.01. The molecule has 0 radical (unpaired) electrons. The van der Waals surface area contributed by atoms with Crippen molar-refractivity contribution in [2.24, 2.45) is 46.3 Å². The molecule has 1 aromatic carbocycles. The number of ether oxygens (including phenoxy) is 3. The van der Waals surface area contributed by atoms with Gasteiger partial charge in [0.1, 0.15) is 18.3 Å². The first-order chi connectivity index (χ1) is 21.1. The zero-order valence-corrected chi connectivity index (χ0v) is 26.5. The van der Waals surface area contributed by atoms with Crippen LogP contribution in [0, 0.1) is 46.3 Å². The van der Waals surface area contributed by atoms with Crippen LogP contribution in [0.4, 0.5) is 5.69 Å². The fourth-order valence-corrected chi connectivity index (χ4v) is 10.4. The van der Waals surface area contributed by atoms with E-state index in [1.54, 1.807) is 12.1 Å². The summed E-state index contributed by atoms with van der Waals surface area (Å²) in [5.41, 5.74) is 0.372. The van der Waals surface area contributed by atoms with Crippen molar-refractivity contribution < 1.29 is 38.2 Å².